The second-order valence-corrected chi connectivity index (χ2v) is 7.48. The third-order valence-electron chi connectivity index (χ3n) is 3.72. The molecule has 23 heavy (non-hydrogen) atoms. The van der Waals surface area contributed by atoms with Gasteiger partial charge in [-0.25, -0.2) is 13.2 Å². The number of benzene rings is 1. The normalized spacial score (nSPS) is 12.4. The van der Waals surface area contributed by atoms with Crippen LogP contribution in [0.1, 0.15) is 13.8 Å². The Kier molecular flexibility index (Phi) is 4.36. The predicted octanol–water partition coefficient (Wildman–Crippen LogP) is 0.361. The Morgan fingerprint density at radius 2 is 1.78 bits per heavy atom. The van der Waals surface area contributed by atoms with Gasteiger partial charge in [-0.2, -0.15) is 4.31 Å². The minimum Gasteiger partial charge on any atom is -0.480 e. The maximum Gasteiger partial charge on any atom is 0.328 e. The molecule has 0 saturated carbocycles. The van der Waals surface area contributed by atoms with Crippen LogP contribution in [0.3, 0.4) is 0 Å². The maximum atomic E-state index is 12.7. The number of carboxylic acid groups (broad SMARTS) is 1. The molecule has 0 aliphatic rings. The first-order valence-corrected chi connectivity index (χ1v) is 8.40. The summed E-state index contributed by atoms with van der Waals surface area (Å²) in [5.41, 5.74) is 0.809. The fourth-order valence-corrected chi connectivity index (χ4v) is 4.07. The van der Waals surface area contributed by atoms with Gasteiger partial charge < -0.3 is 5.11 Å². The fourth-order valence-electron chi connectivity index (χ4n) is 2.46. The van der Waals surface area contributed by atoms with Crippen LogP contribution in [0.2, 0.25) is 0 Å². The Morgan fingerprint density at radius 3 is 2.30 bits per heavy atom. The predicted molar refractivity (Wildman–Crippen MR) is 84.8 cm³/mol. The molecule has 0 radical (unpaired) electrons. The summed E-state index contributed by atoms with van der Waals surface area (Å²) in [5, 5.41) is 8.94. The Morgan fingerprint density at radius 1 is 1.22 bits per heavy atom. The number of aliphatic carboxylic acids is 1. The third-order valence-corrected chi connectivity index (χ3v) is 5.73. The lowest BCUT2D eigenvalue weighted by Crippen LogP contribution is -2.40. The maximum absolute atomic E-state index is 12.7. The van der Waals surface area contributed by atoms with Gasteiger partial charge in [0.2, 0.25) is 10.0 Å². The number of aromatic nitrogens is 2. The van der Waals surface area contributed by atoms with Crippen LogP contribution in [0.4, 0.5) is 0 Å². The van der Waals surface area contributed by atoms with Gasteiger partial charge in [0.1, 0.15) is 6.54 Å². The van der Waals surface area contributed by atoms with Crippen LogP contribution in [-0.2, 0) is 28.9 Å². The number of sulfonamides is 1. The van der Waals surface area contributed by atoms with Gasteiger partial charge in [0, 0.05) is 20.1 Å². The molecule has 126 valence electrons. The first kappa shape index (κ1) is 17.2. The highest BCUT2D eigenvalue weighted by atomic mass is 32.2. The summed E-state index contributed by atoms with van der Waals surface area (Å²) in [5.74, 6) is -1.23. The summed E-state index contributed by atoms with van der Waals surface area (Å²) >= 11 is 0. The van der Waals surface area contributed by atoms with Gasteiger partial charge in [0.25, 0.3) is 0 Å². The van der Waals surface area contributed by atoms with Gasteiger partial charge in [-0.3, -0.25) is 13.9 Å². The molecule has 2 aromatic rings. The van der Waals surface area contributed by atoms with E-state index in [2.05, 4.69) is 0 Å². The number of fused-ring (bicyclic) bond motifs is 1. The molecule has 1 aromatic carbocycles. The van der Waals surface area contributed by atoms with Crippen LogP contribution in [0, 0.1) is 0 Å². The molecule has 0 aliphatic carbocycles. The van der Waals surface area contributed by atoms with Gasteiger partial charge in [-0.15, -0.1) is 0 Å². The van der Waals surface area contributed by atoms with Crippen LogP contribution >= 0.6 is 0 Å². The Hall–Kier alpha value is -2.13. The molecule has 1 heterocycles. The van der Waals surface area contributed by atoms with E-state index in [0.717, 1.165) is 4.31 Å². The molecule has 0 spiro atoms. The van der Waals surface area contributed by atoms with E-state index in [1.807, 2.05) is 0 Å². The molecule has 1 aromatic heterocycles. The highest BCUT2D eigenvalue weighted by Crippen LogP contribution is 2.22. The van der Waals surface area contributed by atoms with Crippen molar-refractivity contribution in [3.63, 3.8) is 0 Å². The first-order valence-electron chi connectivity index (χ1n) is 6.96. The van der Waals surface area contributed by atoms with Crippen LogP contribution in [0.5, 0.6) is 0 Å². The highest BCUT2D eigenvalue weighted by Gasteiger charge is 2.29. The zero-order valence-electron chi connectivity index (χ0n) is 13.3. The van der Waals surface area contributed by atoms with Crippen molar-refractivity contribution in [2.24, 2.45) is 14.1 Å². The summed E-state index contributed by atoms with van der Waals surface area (Å²) < 4.78 is 29.1. The second kappa shape index (κ2) is 5.82. The molecule has 0 unspecified atom stereocenters. The monoisotopic (exact) mass is 341 g/mol. The molecule has 0 fully saturated rings. The smallest absolute Gasteiger partial charge is 0.328 e. The molecule has 8 nitrogen and oxygen atoms in total. The van der Waals surface area contributed by atoms with Gasteiger partial charge in [-0.1, -0.05) is 0 Å². The van der Waals surface area contributed by atoms with Crippen molar-refractivity contribution < 1.29 is 18.3 Å². The molecular formula is C14H19N3O5S. The van der Waals surface area contributed by atoms with E-state index >= 15 is 0 Å². The Balaban J connectivity index is 2.64. The van der Waals surface area contributed by atoms with Crippen molar-refractivity contribution in [3.8, 4) is 0 Å². The minimum absolute atomic E-state index is 0.0406. The largest absolute Gasteiger partial charge is 0.480 e. The van der Waals surface area contributed by atoms with Crippen molar-refractivity contribution in [3.05, 3.63) is 28.7 Å². The number of imidazole rings is 1. The number of hydrogen-bond donors (Lipinski definition) is 1. The zero-order valence-corrected chi connectivity index (χ0v) is 14.2. The van der Waals surface area contributed by atoms with E-state index in [9.17, 15) is 18.0 Å². The zero-order chi connectivity index (χ0) is 17.5. The molecule has 0 amide bonds. The summed E-state index contributed by atoms with van der Waals surface area (Å²) in [7, 11) is -0.824. The quantitative estimate of drug-likeness (QED) is 0.846. The van der Waals surface area contributed by atoms with Crippen molar-refractivity contribution in [2.45, 2.75) is 24.8 Å². The molecule has 0 atom stereocenters. The second-order valence-electron chi connectivity index (χ2n) is 5.59. The lowest BCUT2D eigenvalue weighted by atomic mass is 10.3. The van der Waals surface area contributed by atoms with E-state index in [-0.39, 0.29) is 10.6 Å². The van der Waals surface area contributed by atoms with E-state index in [1.165, 1.54) is 21.3 Å². The average molecular weight is 341 g/mol. The van der Waals surface area contributed by atoms with Crippen LogP contribution < -0.4 is 5.69 Å². The van der Waals surface area contributed by atoms with Crippen molar-refractivity contribution in [1.29, 1.82) is 0 Å². The number of carbonyl (C=O) groups is 1. The van der Waals surface area contributed by atoms with Crippen LogP contribution in [0.15, 0.2) is 27.9 Å². The van der Waals surface area contributed by atoms with E-state index in [0.29, 0.717) is 11.0 Å². The first-order chi connectivity index (χ1) is 10.6. The number of hydrogen-bond acceptors (Lipinski definition) is 4. The van der Waals surface area contributed by atoms with E-state index < -0.39 is 28.6 Å². The van der Waals surface area contributed by atoms with Gasteiger partial charge in [-0.05, 0) is 32.0 Å². The molecule has 2 rings (SSSR count). The molecular weight excluding hydrogens is 322 g/mol. The fraction of sp³-hybridized carbons (Fsp3) is 0.429. The summed E-state index contributed by atoms with van der Waals surface area (Å²) in [6.07, 6.45) is 0. The minimum atomic E-state index is -3.98. The number of carboxylic acids is 1. The number of aryl methyl sites for hydroxylation is 2. The Labute approximate surface area is 133 Å². The molecule has 9 heteroatoms. The van der Waals surface area contributed by atoms with Gasteiger partial charge in [0.05, 0.1) is 15.9 Å². The average Bonchev–Trinajstić information content (AvgIpc) is 2.69. The summed E-state index contributed by atoms with van der Waals surface area (Å²) in [6.45, 7) is 2.60. The third kappa shape index (κ3) is 2.89. The molecule has 1 N–H and O–H groups in total. The lowest BCUT2D eigenvalue weighted by molar-refractivity contribution is -0.137. The molecule has 0 aliphatic heterocycles. The number of rotatable bonds is 5. The summed E-state index contributed by atoms with van der Waals surface area (Å²) in [6, 6.07) is 3.81. The number of nitrogens with zero attached hydrogens (tertiary/aromatic N) is 3. The molecule has 0 bridgehead atoms. The SMILES string of the molecule is CC(C)N(CC(=O)O)S(=O)(=O)c1ccc2c(c1)n(C)c(=O)n2C. The molecule has 0 saturated heterocycles. The Bertz CT molecular complexity index is 924. The highest BCUT2D eigenvalue weighted by molar-refractivity contribution is 7.89. The summed E-state index contributed by atoms with van der Waals surface area (Å²) in [4.78, 5) is 22.8. The van der Waals surface area contributed by atoms with Crippen LogP contribution in [-0.4, -0.2) is 45.5 Å². The van der Waals surface area contributed by atoms with Gasteiger partial charge >= 0.3 is 11.7 Å². The van der Waals surface area contributed by atoms with Crippen molar-refractivity contribution in [1.82, 2.24) is 13.4 Å². The van der Waals surface area contributed by atoms with Crippen molar-refractivity contribution in [2.75, 3.05) is 6.54 Å². The van der Waals surface area contributed by atoms with Crippen molar-refractivity contribution >= 4 is 27.0 Å². The lowest BCUT2D eigenvalue weighted by Gasteiger charge is -2.24. The van der Waals surface area contributed by atoms with Gasteiger partial charge in [0.15, 0.2) is 0 Å². The van der Waals surface area contributed by atoms with Crippen LogP contribution in [0.25, 0.3) is 11.0 Å². The van der Waals surface area contributed by atoms with E-state index in [4.69, 9.17) is 5.11 Å². The topological polar surface area (TPSA) is 102 Å². The standard InChI is InChI=1S/C14H19N3O5S/c1-9(2)17(8-13(18)19)23(21,22)10-5-6-11-12(7-10)16(4)14(20)15(11)3/h5-7,9H,8H2,1-4H3,(H,18,19). The van der Waals surface area contributed by atoms with E-state index in [1.54, 1.807) is 34.0 Å².